The zero-order chi connectivity index (χ0) is 18.6. The van der Waals surface area contributed by atoms with Crippen molar-refractivity contribution in [3.8, 4) is 5.75 Å². The number of nitrogens with zero attached hydrogens (tertiary/aromatic N) is 2. The molecule has 1 aromatic heterocycles. The molecule has 6 nitrogen and oxygen atoms in total. The van der Waals surface area contributed by atoms with Crippen molar-refractivity contribution >= 4 is 38.1 Å². The molecule has 0 radical (unpaired) electrons. The van der Waals surface area contributed by atoms with Crippen LogP contribution in [0, 0.1) is 0 Å². The minimum atomic E-state index is -3.63. The van der Waals surface area contributed by atoms with Crippen LogP contribution in [0.15, 0.2) is 48.5 Å². The van der Waals surface area contributed by atoms with Gasteiger partial charge >= 0.3 is 0 Å². The average molecular weight is 410 g/mol. The fourth-order valence-corrected chi connectivity index (χ4v) is 4.85. The lowest BCUT2D eigenvalue weighted by Gasteiger charge is -2.06. The molecule has 0 unspecified atom stereocenters. The summed E-state index contributed by atoms with van der Waals surface area (Å²) in [5.74, 6) is 0.525. The van der Waals surface area contributed by atoms with E-state index >= 15 is 0 Å². The number of nitrogens with one attached hydrogen (secondary N) is 1. The molecule has 0 aliphatic heterocycles. The zero-order valence-electron chi connectivity index (χ0n) is 13.8. The van der Waals surface area contributed by atoms with Gasteiger partial charge in [-0.05, 0) is 17.7 Å². The van der Waals surface area contributed by atoms with E-state index in [2.05, 4.69) is 14.9 Å². The van der Waals surface area contributed by atoms with E-state index in [-0.39, 0.29) is 10.9 Å². The maximum Gasteiger partial charge on any atom is 0.238 e. The Morgan fingerprint density at radius 3 is 2.50 bits per heavy atom. The molecule has 0 saturated carbocycles. The highest BCUT2D eigenvalue weighted by atomic mass is 35.5. The number of para-hydroxylation sites is 1. The summed E-state index contributed by atoms with van der Waals surface area (Å²) in [6, 6.07) is 14.4. The number of halogens is 1. The SMILES string of the molecule is COc1ccccc1Cc1nnc(NS(=O)(=O)Cc2ccccc2Cl)s1. The van der Waals surface area contributed by atoms with E-state index in [0.717, 1.165) is 11.3 Å². The van der Waals surface area contributed by atoms with Crippen LogP contribution in [0.3, 0.4) is 0 Å². The second-order valence-corrected chi connectivity index (χ2v) is 8.63. The van der Waals surface area contributed by atoms with E-state index in [1.165, 1.54) is 11.3 Å². The molecule has 9 heteroatoms. The predicted molar refractivity (Wildman–Crippen MR) is 103 cm³/mol. The molecule has 0 aliphatic rings. The Hall–Kier alpha value is -2.16. The molecular formula is C17H16ClN3O3S2. The maximum absolute atomic E-state index is 12.3. The van der Waals surface area contributed by atoms with Crippen molar-refractivity contribution in [2.24, 2.45) is 0 Å². The van der Waals surface area contributed by atoms with Gasteiger partial charge in [-0.15, -0.1) is 10.2 Å². The third kappa shape index (κ3) is 4.72. The highest BCUT2D eigenvalue weighted by molar-refractivity contribution is 7.92. The van der Waals surface area contributed by atoms with Gasteiger partial charge in [0.2, 0.25) is 15.2 Å². The first-order chi connectivity index (χ1) is 12.5. The number of methoxy groups -OCH3 is 1. The number of anilines is 1. The van der Waals surface area contributed by atoms with E-state index in [1.54, 1.807) is 31.4 Å². The lowest BCUT2D eigenvalue weighted by atomic mass is 10.1. The third-order valence-corrected chi connectivity index (χ3v) is 6.08. The summed E-state index contributed by atoms with van der Waals surface area (Å²) in [6.07, 6.45) is 0.508. The standard InChI is InChI=1S/C17H16ClN3O3S2/c1-24-15-9-5-3-6-12(15)10-16-19-20-17(25-16)21-26(22,23)11-13-7-2-4-8-14(13)18/h2-9H,10-11H2,1H3,(H,20,21). The van der Waals surface area contributed by atoms with Gasteiger partial charge in [0.05, 0.1) is 12.9 Å². The summed E-state index contributed by atoms with van der Waals surface area (Å²) in [7, 11) is -2.03. The maximum atomic E-state index is 12.3. The molecule has 3 aromatic rings. The van der Waals surface area contributed by atoms with Crippen LogP contribution in [-0.2, 0) is 22.2 Å². The Kier molecular flexibility index (Phi) is 5.75. The Labute approximate surface area is 160 Å². The van der Waals surface area contributed by atoms with Crippen molar-refractivity contribution < 1.29 is 13.2 Å². The van der Waals surface area contributed by atoms with E-state index in [0.29, 0.717) is 22.0 Å². The van der Waals surface area contributed by atoms with Crippen molar-refractivity contribution in [3.05, 3.63) is 69.7 Å². The number of hydrogen-bond donors (Lipinski definition) is 1. The van der Waals surface area contributed by atoms with E-state index in [1.807, 2.05) is 24.3 Å². The topological polar surface area (TPSA) is 81.2 Å². The number of aromatic nitrogens is 2. The van der Waals surface area contributed by atoms with Crippen LogP contribution in [0.25, 0.3) is 0 Å². The number of ether oxygens (including phenoxy) is 1. The fourth-order valence-electron chi connectivity index (χ4n) is 2.37. The van der Waals surface area contributed by atoms with Gasteiger partial charge in [-0.2, -0.15) is 0 Å². The molecular weight excluding hydrogens is 394 g/mol. The zero-order valence-corrected chi connectivity index (χ0v) is 16.2. The molecule has 3 rings (SSSR count). The van der Waals surface area contributed by atoms with Gasteiger partial charge in [-0.1, -0.05) is 59.3 Å². The quantitative estimate of drug-likeness (QED) is 0.643. The summed E-state index contributed by atoms with van der Waals surface area (Å²) < 4.78 is 32.4. The monoisotopic (exact) mass is 409 g/mol. The number of hydrogen-bond acceptors (Lipinski definition) is 6. The normalized spacial score (nSPS) is 11.3. The summed E-state index contributed by atoms with van der Waals surface area (Å²) >= 11 is 7.21. The van der Waals surface area contributed by atoms with Crippen LogP contribution >= 0.6 is 22.9 Å². The largest absolute Gasteiger partial charge is 0.496 e. The molecule has 0 aliphatic carbocycles. The number of rotatable bonds is 7. The molecule has 0 amide bonds. The summed E-state index contributed by atoms with van der Waals surface area (Å²) in [5, 5.41) is 9.30. The molecule has 0 saturated heterocycles. The Bertz CT molecular complexity index is 1010. The molecule has 136 valence electrons. The lowest BCUT2D eigenvalue weighted by molar-refractivity contribution is 0.410. The van der Waals surface area contributed by atoms with Gasteiger partial charge in [0.25, 0.3) is 0 Å². The van der Waals surface area contributed by atoms with Crippen LogP contribution < -0.4 is 9.46 Å². The first kappa shape index (κ1) is 18.6. The summed E-state index contributed by atoms with van der Waals surface area (Å²) in [4.78, 5) is 0. The van der Waals surface area contributed by atoms with E-state index in [9.17, 15) is 8.42 Å². The minimum Gasteiger partial charge on any atom is -0.496 e. The number of benzene rings is 2. The Balaban J connectivity index is 1.71. The molecule has 0 bridgehead atoms. The van der Waals surface area contributed by atoms with Crippen LogP contribution in [0.5, 0.6) is 5.75 Å². The van der Waals surface area contributed by atoms with Gasteiger partial charge < -0.3 is 4.74 Å². The van der Waals surface area contributed by atoms with Gasteiger partial charge in [0.15, 0.2) is 0 Å². The molecule has 2 aromatic carbocycles. The van der Waals surface area contributed by atoms with E-state index in [4.69, 9.17) is 16.3 Å². The van der Waals surface area contributed by atoms with Gasteiger partial charge in [0, 0.05) is 17.0 Å². The number of sulfonamides is 1. The third-order valence-electron chi connectivity index (χ3n) is 3.55. The van der Waals surface area contributed by atoms with Gasteiger partial charge in [-0.3, -0.25) is 4.72 Å². The van der Waals surface area contributed by atoms with Crippen molar-refractivity contribution in [3.63, 3.8) is 0 Å². The molecule has 0 atom stereocenters. The van der Waals surface area contributed by atoms with Crippen molar-refractivity contribution in [2.75, 3.05) is 11.8 Å². The molecule has 1 N–H and O–H groups in total. The highest BCUT2D eigenvalue weighted by Gasteiger charge is 2.17. The Morgan fingerprint density at radius 2 is 1.77 bits per heavy atom. The smallest absolute Gasteiger partial charge is 0.238 e. The van der Waals surface area contributed by atoms with Crippen molar-refractivity contribution in [1.29, 1.82) is 0 Å². The second kappa shape index (κ2) is 8.03. The summed E-state index contributed by atoms with van der Waals surface area (Å²) in [5.41, 5.74) is 1.48. The molecule has 0 fully saturated rings. The molecule has 26 heavy (non-hydrogen) atoms. The fraction of sp³-hybridized carbons (Fsp3) is 0.176. The minimum absolute atomic E-state index is 0.224. The van der Waals surface area contributed by atoms with Crippen LogP contribution in [-0.4, -0.2) is 25.7 Å². The molecule has 0 spiro atoms. The Morgan fingerprint density at radius 1 is 1.08 bits per heavy atom. The van der Waals surface area contributed by atoms with Crippen LogP contribution in [0.2, 0.25) is 5.02 Å². The van der Waals surface area contributed by atoms with Crippen LogP contribution in [0.1, 0.15) is 16.1 Å². The second-order valence-electron chi connectivity index (χ2n) is 5.44. The first-order valence-electron chi connectivity index (χ1n) is 7.65. The van der Waals surface area contributed by atoms with Crippen molar-refractivity contribution in [2.45, 2.75) is 12.2 Å². The predicted octanol–water partition coefficient (Wildman–Crippen LogP) is 3.73. The van der Waals surface area contributed by atoms with Crippen molar-refractivity contribution in [1.82, 2.24) is 10.2 Å². The lowest BCUT2D eigenvalue weighted by Crippen LogP contribution is -2.15. The van der Waals surface area contributed by atoms with E-state index < -0.39 is 10.0 Å². The average Bonchev–Trinajstić information content (AvgIpc) is 3.03. The van der Waals surface area contributed by atoms with Gasteiger partial charge in [-0.25, -0.2) is 8.42 Å². The van der Waals surface area contributed by atoms with Gasteiger partial charge in [0.1, 0.15) is 10.8 Å². The summed E-state index contributed by atoms with van der Waals surface area (Å²) in [6.45, 7) is 0. The van der Waals surface area contributed by atoms with Crippen LogP contribution in [0.4, 0.5) is 5.13 Å². The highest BCUT2D eigenvalue weighted by Crippen LogP contribution is 2.25. The first-order valence-corrected chi connectivity index (χ1v) is 10.5. The molecule has 1 heterocycles.